The van der Waals surface area contributed by atoms with E-state index in [1.165, 1.54) is 11.8 Å². The van der Waals surface area contributed by atoms with Crippen LogP contribution in [-0.4, -0.2) is 65.2 Å². The van der Waals surface area contributed by atoms with E-state index in [1.54, 1.807) is 24.3 Å². The van der Waals surface area contributed by atoms with Crippen LogP contribution in [0.25, 0.3) is 4.85 Å². The molecule has 5 rings (SSSR count). The Morgan fingerprint density at radius 2 is 1.94 bits per heavy atom. The van der Waals surface area contributed by atoms with Crippen LogP contribution < -0.4 is 10.6 Å². The van der Waals surface area contributed by atoms with Crippen molar-refractivity contribution in [3.05, 3.63) is 41.2 Å². The molecule has 0 bridgehead atoms. The van der Waals surface area contributed by atoms with E-state index in [1.807, 2.05) is 0 Å². The largest absolute Gasteiger partial charge is 0.345 e. The molecule has 0 aromatic heterocycles. The van der Waals surface area contributed by atoms with Crippen molar-refractivity contribution in [1.29, 1.82) is 0 Å². The van der Waals surface area contributed by atoms with Gasteiger partial charge in [0.2, 0.25) is 17.7 Å². The normalized spacial score (nSPS) is 27.7. The van der Waals surface area contributed by atoms with Crippen molar-refractivity contribution in [2.75, 3.05) is 18.8 Å². The van der Waals surface area contributed by atoms with Crippen LogP contribution in [0, 0.1) is 18.4 Å². The number of benzene rings is 1. The van der Waals surface area contributed by atoms with Crippen LogP contribution in [0.4, 0.5) is 5.69 Å². The smallest absolute Gasteiger partial charge is 0.302 e. The minimum atomic E-state index is -2.95. The highest BCUT2D eigenvalue weighted by molar-refractivity contribution is 6.07. The Hall–Kier alpha value is -3.41. The van der Waals surface area contributed by atoms with Gasteiger partial charge in [-0.15, -0.1) is 0 Å². The summed E-state index contributed by atoms with van der Waals surface area (Å²) in [6.07, 6.45) is 2.98. The molecule has 4 aliphatic rings. The fourth-order valence-corrected chi connectivity index (χ4v) is 5.61. The fourth-order valence-electron chi connectivity index (χ4n) is 5.61. The molecular formula is C27H33N5O4. The van der Waals surface area contributed by atoms with Crippen molar-refractivity contribution in [3.63, 3.8) is 0 Å². The Morgan fingerprint density at radius 3 is 2.58 bits per heavy atom. The predicted octanol–water partition coefficient (Wildman–Crippen LogP) is 2.29. The number of hydrogen-bond acceptors (Lipinski definition) is 4. The minimum Gasteiger partial charge on any atom is -0.345 e. The molecule has 1 aromatic rings. The Balaban J connectivity index is 1.49. The summed E-state index contributed by atoms with van der Waals surface area (Å²) in [6.45, 7) is 6.06. The van der Waals surface area contributed by atoms with Gasteiger partial charge in [0.25, 0.3) is 5.91 Å². The van der Waals surface area contributed by atoms with Crippen LogP contribution in [0.3, 0.4) is 0 Å². The van der Waals surface area contributed by atoms with Crippen molar-refractivity contribution in [2.24, 2.45) is 11.8 Å². The number of rotatable bonds is 8. The fraction of sp³-hybridized carbons (Fsp3) is 0.593. The van der Waals surface area contributed by atoms with E-state index in [0.717, 1.165) is 25.7 Å². The van der Waals surface area contributed by atoms with Crippen LogP contribution in [0.5, 0.6) is 0 Å². The van der Waals surface area contributed by atoms with Gasteiger partial charge < -0.3 is 15.5 Å². The third-order valence-corrected chi connectivity index (χ3v) is 7.92. The summed E-state index contributed by atoms with van der Waals surface area (Å²) in [5.41, 5.74) is 0.217. The molecule has 9 nitrogen and oxygen atoms in total. The molecule has 1 saturated heterocycles. The molecule has 2 aliphatic carbocycles. The molecular weight excluding hydrogens is 458 g/mol. The van der Waals surface area contributed by atoms with Gasteiger partial charge in [0.15, 0.2) is 0 Å². The van der Waals surface area contributed by atoms with E-state index in [4.69, 9.17) is 10.7 Å². The maximum Gasteiger partial charge on any atom is 0.302 e. The van der Waals surface area contributed by atoms with Crippen molar-refractivity contribution in [3.8, 4) is 0 Å². The highest BCUT2D eigenvalue weighted by Crippen LogP contribution is 2.47. The van der Waals surface area contributed by atoms with E-state index in [-0.39, 0.29) is 37.1 Å². The lowest BCUT2D eigenvalue weighted by Gasteiger charge is -2.33. The molecule has 0 radical (unpaired) electrons. The van der Waals surface area contributed by atoms with Crippen molar-refractivity contribution in [1.82, 2.24) is 15.1 Å². The molecule has 36 heavy (non-hydrogen) atoms. The zero-order chi connectivity index (χ0) is 28.1. The lowest BCUT2D eigenvalue weighted by atomic mass is 9.80. The summed E-state index contributed by atoms with van der Waals surface area (Å²) in [4.78, 5) is 58.8. The number of hydrogen-bond donors (Lipinski definition) is 2. The first-order valence-electron chi connectivity index (χ1n) is 14.1. The summed E-state index contributed by atoms with van der Waals surface area (Å²) in [5, 5.41) is 5.46. The second-order valence-corrected chi connectivity index (χ2v) is 10.7. The SMILES string of the molecule is [2H]C([2H])([2H])N(C(=O)[C@H](CC1CC1)NC(C)=O)[C@@H](CC1CC1)C(=O)N1C[C@]2(C[C@H]1[N+]#[C-])C(=O)Nc1ccccc12. The Bertz CT molecular complexity index is 1240. The van der Waals surface area contributed by atoms with Crippen LogP contribution in [0.15, 0.2) is 24.3 Å². The standard InChI is InChI=1S/C27H33N5O4/c1-16(33)29-21(12-17-8-9-17)24(34)31(3)22(13-18-10-11-18)25(35)32-15-27(14-23(32)28-2)19-6-4-5-7-20(19)30-26(27)36/h4-7,17-18,21-23H,8-15H2,1,3H3,(H,29,33)(H,30,36)/t21-,22-,23-,27-/m0/s1/i3D3. The molecule has 1 spiro atoms. The van der Waals surface area contributed by atoms with Crippen LogP contribution in [0.2, 0.25) is 0 Å². The average molecular weight is 495 g/mol. The van der Waals surface area contributed by atoms with E-state index in [2.05, 4.69) is 15.5 Å². The molecule has 2 saturated carbocycles. The minimum absolute atomic E-state index is 0.0802. The first kappa shape index (κ1) is 20.7. The summed E-state index contributed by atoms with van der Waals surface area (Å²) in [7, 11) is 0. The van der Waals surface area contributed by atoms with Gasteiger partial charge in [-0.2, -0.15) is 0 Å². The number of anilines is 1. The topological polar surface area (TPSA) is 103 Å². The van der Waals surface area contributed by atoms with Gasteiger partial charge >= 0.3 is 6.17 Å². The molecule has 1 aromatic carbocycles. The monoisotopic (exact) mass is 494 g/mol. The number of amides is 4. The average Bonchev–Trinajstić information content (AvgIpc) is 3.80. The van der Waals surface area contributed by atoms with Gasteiger partial charge in [-0.05, 0) is 36.3 Å². The zero-order valence-electron chi connectivity index (χ0n) is 23.3. The van der Waals surface area contributed by atoms with Crippen molar-refractivity contribution in [2.45, 2.75) is 75.5 Å². The molecule has 4 amide bonds. The number of para-hydroxylation sites is 1. The molecule has 3 fully saturated rings. The quantitative estimate of drug-likeness (QED) is 0.541. The highest BCUT2D eigenvalue weighted by atomic mass is 16.2. The highest BCUT2D eigenvalue weighted by Gasteiger charge is 2.59. The first-order chi connectivity index (χ1) is 18.4. The number of likely N-dealkylation sites (tertiary alicyclic amines) is 1. The van der Waals surface area contributed by atoms with Crippen LogP contribution >= 0.6 is 0 Å². The van der Waals surface area contributed by atoms with E-state index >= 15 is 0 Å². The number of likely N-dealkylation sites (N-methyl/N-ethyl adjacent to an activating group) is 1. The van der Waals surface area contributed by atoms with Crippen LogP contribution in [0.1, 0.15) is 61.5 Å². The summed E-state index contributed by atoms with van der Waals surface area (Å²) in [5.74, 6) is -1.91. The van der Waals surface area contributed by atoms with Gasteiger partial charge in [0.05, 0.1) is 6.42 Å². The Morgan fingerprint density at radius 1 is 1.25 bits per heavy atom. The zero-order valence-corrected chi connectivity index (χ0v) is 20.3. The first-order valence-corrected chi connectivity index (χ1v) is 12.6. The molecule has 9 heteroatoms. The third kappa shape index (κ3) is 4.45. The maximum atomic E-state index is 14.2. The van der Waals surface area contributed by atoms with E-state index < -0.39 is 48.4 Å². The molecule has 2 aliphatic heterocycles. The predicted molar refractivity (Wildman–Crippen MR) is 132 cm³/mol. The number of carbonyl (C=O) groups is 4. The molecule has 190 valence electrons. The second-order valence-electron chi connectivity index (χ2n) is 10.7. The lowest BCUT2D eigenvalue weighted by Crippen LogP contribution is -2.56. The van der Waals surface area contributed by atoms with Gasteiger partial charge in [-0.1, -0.05) is 43.9 Å². The van der Waals surface area contributed by atoms with E-state index in [0.29, 0.717) is 22.6 Å². The van der Waals surface area contributed by atoms with Gasteiger partial charge in [-0.25, -0.2) is 6.57 Å². The molecule has 4 atom stereocenters. The Labute approximate surface area is 215 Å². The molecule has 2 N–H and O–H groups in total. The van der Waals surface area contributed by atoms with E-state index in [9.17, 15) is 19.2 Å². The molecule has 2 heterocycles. The summed E-state index contributed by atoms with van der Waals surface area (Å²) >= 11 is 0. The van der Waals surface area contributed by atoms with Crippen molar-refractivity contribution < 1.29 is 23.3 Å². The van der Waals surface area contributed by atoms with Gasteiger partial charge in [0.1, 0.15) is 17.5 Å². The number of nitrogens with zero attached hydrogens (tertiary/aromatic N) is 3. The number of fused-ring (bicyclic) bond motifs is 2. The molecule has 0 unspecified atom stereocenters. The summed E-state index contributed by atoms with van der Waals surface area (Å²) < 4.78 is 24.8. The summed E-state index contributed by atoms with van der Waals surface area (Å²) in [6, 6.07) is 4.77. The maximum absolute atomic E-state index is 14.2. The Kier molecular flexibility index (Phi) is 5.32. The lowest BCUT2D eigenvalue weighted by molar-refractivity contribution is -0.147. The van der Waals surface area contributed by atoms with Gasteiger partial charge in [0, 0.05) is 30.2 Å². The van der Waals surface area contributed by atoms with Crippen molar-refractivity contribution >= 4 is 29.3 Å². The second kappa shape index (κ2) is 9.23. The number of carbonyl (C=O) groups excluding carboxylic acids is 4. The van der Waals surface area contributed by atoms with Gasteiger partial charge in [-0.3, -0.25) is 28.9 Å². The number of nitrogens with one attached hydrogen (secondary N) is 2. The third-order valence-electron chi connectivity index (χ3n) is 7.92. The van der Waals surface area contributed by atoms with Crippen LogP contribution in [-0.2, 0) is 24.6 Å².